The van der Waals surface area contributed by atoms with E-state index in [4.69, 9.17) is 0 Å². The van der Waals surface area contributed by atoms with Crippen LogP contribution in [-0.4, -0.2) is 31.6 Å². The molecule has 5 heteroatoms. The lowest BCUT2D eigenvalue weighted by Gasteiger charge is -2.32. The van der Waals surface area contributed by atoms with E-state index in [1.54, 1.807) is 0 Å². The van der Waals surface area contributed by atoms with Gasteiger partial charge in [0.25, 0.3) is 0 Å². The van der Waals surface area contributed by atoms with Crippen molar-refractivity contribution in [2.45, 2.75) is 51.6 Å². The monoisotopic (exact) mass is 596 g/mol. The molecule has 7 rings (SSSR count). The predicted octanol–water partition coefficient (Wildman–Crippen LogP) is 9.68. The largest absolute Gasteiger partial charge is 0.508 e. The van der Waals surface area contributed by atoms with Gasteiger partial charge in [0, 0.05) is 5.41 Å². The van der Waals surface area contributed by atoms with Crippen molar-refractivity contribution < 1.29 is 25.5 Å². The third-order valence-corrected chi connectivity index (χ3v) is 9.86. The van der Waals surface area contributed by atoms with Crippen molar-refractivity contribution in [2.75, 3.05) is 0 Å². The molecule has 5 aromatic carbocycles. The van der Waals surface area contributed by atoms with Gasteiger partial charge in [-0.2, -0.15) is 0 Å². The van der Waals surface area contributed by atoms with Crippen LogP contribution in [0.5, 0.6) is 0 Å². The first-order chi connectivity index (χ1) is 21.6. The zero-order valence-electron chi connectivity index (χ0n) is 25.8. The molecule has 226 valence electrons. The van der Waals surface area contributed by atoms with Crippen molar-refractivity contribution in [1.29, 1.82) is 0 Å². The summed E-state index contributed by atoms with van der Waals surface area (Å²) in [5, 5.41) is 57.8. The fourth-order valence-corrected chi connectivity index (χ4v) is 7.80. The minimum absolute atomic E-state index is 0.221. The van der Waals surface area contributed by atoms with Gasteiger partial charge >= 0.3 is 0 Å². The number of fused-ring (bicyclic) bond motifs is 6. The first kappa shape index (κ1) is 28.8. The summed E-state index contributed by atoms with van der Waals surface area (Å²) < 4.78 is 0. The van der Waals surface area contributed by atoms with Gasteiger partial charge in [-0.25, -0.2) is 0 Å². The third-order valence-electron chi connectivity index (χ3n) is 9.86. The maximum absolute atomic E-state index is 11.2. The molecule has 5 aromatic rings. The van der Waals surface area contributed by atoms with Gasteiger partial charge in [-0.3, -0.25) is 0 Å². The Bertz CT molecular complexity index is 2150. The summed E-state index contributed by atoms with van der Waals surface area (Å²) in [4.78, 5) is 0. The van der Waals surface area contributed by atoms with Crippen molar-refractivity contribution in [2.24, 2.45) is 0 Å². The molecule has 5 nitrogen and oxygen atoms in total. The van der Waals surface area contributed by atoms with E-state index in [-0.39, 0.29) is 5.41 Å². The number of hydrogen-bond acceptors (Lipinski definition) is 5. The van der Waals surface area contributed by atoms with Gasteiger partial charge in [0.2, 0.25) is 5.76 Å². The topological polar surface area (TPSA) is 101 Å². The molecule has 0 spiro atoms. The van der Waals surface area contributed by atoms with E-state index in [0.717, 1.165) is 38.4 Å². The smallest absolute Gasteiger partial charge is 0.202 e. The Kier molecular flexibility index (Phi) is 6.57. The molecule has 5 N–H and O–H groups in total. The van der Waals surface area contributed by atoms with Gasteiger partial charge in [0.1, 0.15) is 11.9 Å². The van der Waals surface area contributed by atoms with Crippen LogP contribution in [0.1, 0.15) is 61.4 Å². The predicted molar refractivity (Wildman–Crippen MR) is 182 cm³/mol. The highest BCUT2D eigenvalue weighted by molar-refractivity contribution is 6.14. The van der Waals surface area contributed by atoms with Crippen molar-refractivity contribution >= 4 is 27.6 Å². The van der Waals surface area contributed by atoms with Gasteiger partial charge in [-0.05, 0) is 91.0 Å². The van der Waals surface area contributed by atoms with Crippen LogP contribution in [0.2, 0.25) is 0 Å². The van der Waals surface area contributed by atoms with Crippen molar-refractivity contribution in [3.63, 3.8) is 0 Å². The zero-order chi connectivity index (χ0) is 31.8. The minimum atomic E-state index is -1.65. The number of rotatable bonds is 4. The second-order valence-electron chi connectivity index (χ2n) is 12.5. The van der Waals surface area contributed by atoms with Crippen LogP contribution < -0.4 is 0 Å². The molecule has 0 aliphatic heterocycles. The van der Waals surface area contributed by atoms with E-state index in [2.05, 4.69) is 74.5 Å². The number of aliphatic hydroxyl groups is 5. The summed E-state index contributed by atoms with van der Waals surface area (Å²) >= 11 is 0. The fourth-order valence-electron chi connectivity index (χ4n) is 7.80. The van der Waals surface area contributed by atoms with Crippen LogP contribution >= 0.6 is 0 Å². The van der Waals surface area contributed by atoms with Crippen molar-refractivity contribution in [3.05, 3.63) is 136 Å². The fraction of sp³-hybridized carbons (Fsp3) is 0.200. The highest BCUT2D eigenvalue weighted by Gasteiger charge is 2.42. The molecule has 0 heterocycles. The maximum Gasteiger partial charge on any atom is 0.202 e. The molecular formula is C40H36O5. The van der Waals surface area contributed by atoms with E-state index in [0.29, 0.717) is 12.0 Å². The highest BCUT2D eigenvalue weighted by atomic mass is 16.4. The standard InChI is InChI=1S/C40H36O5/c1-5-13-23-21(6-2)33(34-35(41)37(43)39(45)38(44)36(34)42)26-17-10-9-16-25(26)31(23)28-20-30-32(24-15-8-7-14-22(24)28)27-18-11-12-19-29(27)40(30,3)4/h5,7-20,34-35,41-45H,6H2,1-4H3/b13-5-. The Hall–Kier alpha value is -5.00. The summed E-state index contributed by atoms with van der Waals surface area (Å²) in [6.07, 6.45) is 2.94. The molecule has 0 saturated carbocycles. The van der Waals surface area contributed by atoms with Crippen LogP contribution in [0.3, 0.4) is 0 Å². The molecule has 0 fully saturated rings. The Morgan fingerprint density at radius 3 is 1.93 bits per heavy atom. The lowest BCUT2D eigenvalue weighted by atomic mass is 9.75. The summed E-state index contributed by atoms with van der Waals surface area (Å²) in [7, 11) is 0. The lowest BCUT2D eigenvalue weighted by Crippen LogP contribution is -2.30. The summed E-state index contributed by atoms with van der Waals surface area (Å²) in [5.41, 5.74) is 9.38. The van der Waals surface area contributed by atoms with Crippen LogP contribution in [0.15, 0.2) is 108 Å². The number of aliphatic hydroxyl groups excluding tert-OH is 5. The zero-order valence-corrected chi connectivity index (χ0v) is 25.8. The number of benzene rings is 5. The molecule has 2 atom stereocenters. The average Bonchev–Trinajstić information content (AvgIpc) is 3.29. The average molecular weight is 597 g/mol. The lowest BCUT2D eigenvalue weighted by molar-refractivity contribution is 0.0909. The quantitative estimate of drug-likeness (QED) is 0.142. The molecule has 0 aromatic heterocycles. The summed E-state index contributed by atoms with van der Waals surface area (Å²) in [5.74, 6) is -4.30. The molecule has 0 saturated heterocycles. The Morgan fingerprint density at radius 1 is 0.689 bits per heavy atom. The van der Waals surface area contributed by atoms with Gasteiger partial charge in [-0.1, -0.05) is 106 Å². The number of allylic oxidation sites excluding steroid dienone is 1. The SMILES string of the molecule is C/C=C\c1c(CC)c(C2C(O)=C(O)C(O)=C(O)C2O)c2ccccc2c1-c1cc2c(c3ccccc13)-c1ccccc1C2(C)C. The van der Waals surface area contributed by atoms with Gasteiger partial charge in [-0.15, -0.1) is 0 Å². The summed E-state index contributed by atoms with van der Waals surface area (Å²) in [6, 6.07) is 27.4. The van der Waals surface area contributed by atoms with E-state index in [1.807, 2.05) is 44.2 Å². The van der Waals surface area contributed by atoms with E-state index in [9.17, 15) is 25.5 Å². The Labute approximate surface area is 262 Å². The van der Waals surface area contributed by atoms with E-state index in [1.165, 1.54) is 27.6 Å². The van der Waals surface area contributed by atoms with Gasteiger partial charge < -0.3 is 25.5 Å². The molecule has 2 unspecified atom stereocenters. The second kappa shape index (κ2) is 10.3. The Balaban J connectivity index is 1.64. The van der Waals surface area contributed by atoms with Crippen LogP contribution in [-0.2, 0) is 11.8 Å². The van der Waals surface area contributed by atoms with Crippen molar-refractivity contribution in [1.82, 2.24) is 0 Å². The molecule has 2 aliphatic rings. The molecule has 2 aliphatic carbocycles. The van der Waals surface area contributed by atoms with E-state index < -0.39 is 35.1 Å². The van der Waals surface area contributed by atoms with Crippen LogP contribution in [0.4, 0.5) is 0 Å². The molecule has 0 bridgehead atoms. The van der Waals surface area contributed by atoms with Gasteiger partial charge in [0.05, 0.1) is 5.92 Å². The third kappa shape index (κ3) is 3.90. The van der Waals surface area contributed by atoms with Crippen LogP contribution in [0, 0.1) is 0 Å². The maximum atomic E-state index is 11.2. The Morgan fingerprint density at radius 2 is 1.27 bits per heavy atom. The minimum Gasteiger partial charge on any atom is -0.508 e. The van der Waals surface area contributed by atoms with Crippen LogP contribution in [0.25, 0.3) is 49.9 Å². The first-order valence-corrected chi connectivity index (χ1v) is 15.4. The van der Waals surface area contributed by atoms with Crippen molar-refractivity contribution in [3.8, 4) is 22.3 Å². The molecule has 45 heavy (non-hydrogen) atoms. The number of hydrogen-bond donors (Lipinski definition) is 5. The molecule has 0 amide bonds. The van der Waals surface area contributed by atoms with Gasteiger partial charge in [0.15, 0.2) is 11.5 Å². The molecule has 0 radical (unpaired) electrons. The first-order valence-electron chi connectivity index (χ1n) is 15.4. The summed E-state index contributed by atoms with van der Waals surface area (Å²) in [6.45, 7) is 8.55. The normalized spacial score (nSPS) is 19.1. The van der Waals surface area contributed by atoms with E-state index >= 15 is 0 Å². The second-order valence-corrected chi connectivity index (χ2v) is 12.5. The highest BCUT2D eigenvalue weighted by Crippen LogP contribution is 2.55. The molecular weight excluding hydrogens is 560 g/mol.